The highest BCUT2D eigenvalue weighted by Gasteiger charge is 2.22. The van der Waals surface area contributed by atoms with E-state index in [0.29, 0.717) is 22.3 Å². The zero-order chi connectivity index (χ0) is 25.4. The van der Waals surface area contributed by atoms with Crippen LogP contribution in [0.3, 0.4) is 0 Å². The van der Waals surface area contributed by atoms with E-state index in [2.05, 4.69) is 0 Å². The fraction of sp³-hybridized carbons (Fsp3) is 0.0303. The van der Waals surface area contributed by atoms with Crippen LogP contribution in [-0.4, -0.2) is 5.78 Å². The van der Waals surface area contributed by atoms with E-state index in [0.717, 1.165) is 33.0 Å². The average Bonchev–Trinajstić information content (AvgIpc) is 3.26. The zero-order valence-electron chi connectivity index (χ0n) is 20.1. The summed E-state index contributed by atoms with van der Waals surface area (Å²) in [5.74, 6) is 0.0949. The highest BCUT2D eigenvalue weighted by Crippen LogP contribution is 2.35. The first-order chi connectivity index (χ1) is 18.1. The molecule has 0 atom stereocenters. The van der Waals surface area contributed by atoms with Crippen molar-refractivity contribution in [3.63, 3.8) is 0 Å². The van der Waals surface area contributed by atoms with Gasteiger partial charge in [0.15, 0.2) is 5.76 Å². The lowest BCUT2D eigenvalue weighted by Crippen LogP contribution is -2.06. The smallest absolute Gasteiger partial charge is 0.344 e. The van der Waals surface area contributed by atoms with Crippen LogP contribution in [0, 0.1) is 6.92 Å². The first-order valence-electron chi connectivity index (χ1n) is 12.0. The molecule has 0 aliphatic heterocycles. The summed E-state index contributed by atoms with van der Waals surface area (Å²) in [7, 11) is 0. The van der Waals surface area contributed by atoms with Crippen LogP contribution in [0.15, 0.2) is 117 Å². The quantitative estimate of drug-likeness (QED) is 0.185. The fourth-order valence-electron chi connectivity index (χ4n) is 4.67. The Hall–Kier alpha value is -4.96. The van der Waals surface area contributed by atoms with Gasteiger partial charge in [-0.2, -0.15) is 0 Å². The molecule has 6 aromatic rings. The molecular weight excluding hydrogens is 460 g/mol. The van der Waals surface area contributed by atoms with Gasteiger partial charge in [-0.3, -0.25) is 4.79 Å². The Morgan fingerprint density at radius 3 is 2.03 bits per heavy atom. The number of hydrogen-bond donors (Lipinski definition) is 0. The monoisotopic (exact) mass is 482 g/mol. The van der Waals surface area contributed by atoms with Crippen LogP contribution in [-0.2, 0) is 0 Å². The predicted molar refractivity (Wildman–Crippen MR) is 148 cm³/mol. The molecule has 0 bridgehead atoms. The number of furan rings is 1. The molecule has 4 aromatic carbocycles. The van der Waals surface area contributed by atoms with Gasteiger partial charge in [-0.15, -0.1) is 0 Å². The zero-order valence-corrected chi connectivity index (χ0v) is 20.1. The van der Waals surface area contributed by atoms with E-state index in [-0.39, 0.29) is 11.5 Å². The maximum Gasteiger partial charge on any atom is 0.344 e. The number of aryl methyl sites for hydroxylation is 1. The number of carbonyl (C=O) groups excluding carboxylic acids is 1. The molecule has 0 radical (unpaired) electrons. The normalized spacial score (nSPS) is 11.5. The molecule has 178 valence electrons. The van der Waals surface area contributed by atoms with E-state index in [1.54, 1.807) is 18.2 Å². The summed E-state index contributed by atoms with van der Waals surface area (Å²) in [6, 6.07) is 32.1. The van der Waals surface area contributed by atoms with Crippen molar-refractivity contribution in [2.45, 2.75) is 6.92 Å². The Kier molecular flexibility index (Phi) is 5.62. The summed E-state index contributed by atoms with van der Waals surface area (Å²) < 4.78 is 11.8. The first kappa shape index (κ1) is 22.5. The second-order valence-electron chi connectivity index (χ2n) is 8.88. The molecule has 6 rings (SSSR count). The average molecular weight is 483 g/mol. The molecule has 0 unspecified atom stereocenters. The Morgan fingerprint density at radius 1 is 0.703 bits per heavy atom. The fourth-order valence-corrected chi connectivity index (χ4v) is 4.67. The number of benzene rings is 4. The molecule has 4 heteroatoms. The standard InChI is InChI=1S/C33H22O4/c1-21-26-19-27-25(18-17-22-11-5-2-6-12-22)30(23-13-7-3-8-14-23)33(35)37-29(27)20-28(26)36-32(21)31(34)24-15-9-4-10-16-24/h2-20H,1H3. The third kappa shape index (κ3) is 4.09. The lowest BCUT2D eigenvalue weighted by molar-refractivity contribution is 0.101. The minimum absolute atomic E-state index is 0.186. The van der Waals surface area contributed by atoms with Crippen LogP contribution in [0.5, 0.6) is 0 Å². The molecule has 2 aromatic heterocycles. The molecule has 0 spiro atoms. The van der Waals surface area contributed by atoms with Crippen LogP contribution in [0.2, 0.25) is 0 Å². The van der Waals surface area contributed by atoms with E-state index in [1.807, 2.05) is 104 Å². The van der Waals surface area contributed by atoms with Crippen molar-refractivity contribution in [3.8, 4) is 11.1 Å². The lowest BCUT2D eigenvalue weighted by atomic mass is 9.96. The van der Waals surface area contributed by atoms with E-state index < -0.39 is 5.63 Å². The number of hydrogen-bond acceptors (Lipinski definition) is 4. The van der Waals surface area contributed by atoms with Crippen molar-refractivity contribution in [2.24, 2.45) is 0 Å². The van der Waals surface area contributed by atoms with Crippen molar-refractivity contribution in [1.82, 2.24) is 0 Å². The first-order valence-corrected chi connectivity index (χ1v) is 12.0. The molecule has 2 heterocycles. The van der Waals surface area contributed by atoms with Gasteiger partial charge in [-0.25, -0.2) is 4.79 Å². The van der Waals surface area contributed by atoms with Crippen molar-refractivity contribution >= 4 is 39.9 Å². The number of carbonyl (C=O) groups is 1. The summed E-state index contributed by atoms with van der Waals surface area (Å²) in [6.45, 7) is 1.88. The van der Waals surface area contributed by atoms with Gasteiger partial charge in [0.2, 0.25) is 5.78 Å². The molecule has 0 saturated carbocycles. The number of fused-ring (bicyclic) bond motifs is 2. The molecule has 0 fully saturated rings. The van der Waals surface area contributed by atoms with Crippen LogP contribution in [0.1, 0.15) is 32.8 Å². The van der Waals surface area contributed by atoms with Gasteiger partial charge >= 0.3 is 5.63 Å². The molecule has 0 saturated heterocycles. The van der Waals surface area contributed by atoms with Crippen LogP contribution in [0.25, 0.3) is 45.2 Å². The van der Waals surface area contributed by atoms with Gasteiger partial charge in [-0.1, -0.05) is 103 Å². The van der Waals surface area contributed by atoms with Crippen LogP contribution >= 0.6 is 0 Å². The van der Waals surface area contributed by atoms with E-state index in [9.17, 15) is 9.59 Å². The Labute approximate surface area is 213 Å². The highest BCUT2D eigenvalue weighted by molar-refractivity contribution is 6.12. The number of ketones is 1. The second kappa shape index (κ2) is 9.25. The maximum atomic E-state index is 13.3. The maximum absolute atomic E-state index is 13.3. The third-order valence-corrected chi connectivity index (χ3v) is 6.55. The third-order valence-electron chi connectivity index (χ3n) is 6.55. The van der Waals surface area contributed by atoms with Gasteiger partial charge < -0.3 is 8.83 Å². The Balaban J connectivity index is 1.61. The van der Waals surface area contributed by atoms with Crippen molar-refractivity contribution in [1.29, 1.82) is 0 Å². The van der Waals surface area contributed by atoms with Crippen molar-refractivity contribution < 1.29 is 13.6 Å². The SMILES string of the molecule is Cc1c(C(=O)c2ccccc2)oc2cc3oc(=O)c(-c4ccccc4)c(C=Cc4ccccc4)c3cc12. The van der Waals surface area contributed by atoms with Crippen molar-refractivity contribution in [2.75, 3.05) is 0 Å². The Bertz CT molecular complexity index is 1840. The number of rotatable bonds is 5. The summed E-state index contributed by atoms with van der Waals surface area (Å²) in [6.07, 6.45) is 3.94. The molecule has 0 amide bonds. The summed E-state index contributed by atoms with van der Waals surface area (Å²) in [4.78, 5) is 26.5. The minimum Gasteiger partial charge on any atom is -0.452 e. The van der Waals surface area contributed by atoms with Crippen LogP contribution in [0.4, 0.5) is 0 Å². The van der Waals surface area contributed by atoms with E-state index >= 15 is 0 Å². The predicted octanol–water partition coefficient (Wildman–Crippen LogP) is 7.92. The van der Waals surface area contributed by atoms with E-state index in [4.69, 9.17) is 8.83 Å². The second-order valence-corrected chi connectivity index (χ2v) is 8.88. The molecule has 4 nitrogen and oxygen atoms in total. The lowest BCUT2D eigenvalue weighted by Gasteiger charge is -2.09. The van der Waals surface area contributed by atoms with Gasteiger partial charge in [0.25, 0.3) is 0 Å². The van der Waals surface area contributed by atoms with Gasteiger partial charge in [0, 0.05) is 33.5 Å². The van der Waals surface area contributed by atoms with Crippen molar-refractivity contribution in [3.05, 3.63) is 142 Å². The molecular formula is C33H22O4. The van der Waals surface area contributed by atoms with Gasteiger partial charge in [0.05, 0.1) is 5.56 Å². The summed E-state index contributed by atoms with van der Waals surface area (Å²) in [5, 5.41) is 1.56. The highest BCUT2D eigenvalue weighted by atomic mass is 16.4. The minimum atomic E-state index is -0.436. The topological polar surface area (TPSA) is 60.4 Å². The molecule has 37 heavy (non-hydrogen) atoms. The largest absolute Gasteiger partial charge is 0.452 e. The molecule has 0 aliphatic carbocycles. The van der Waals surface area contributed by atoms with Crippen LogP contribution < -0.4 is 5.63 Å². The van der Waals surface area contributed by atoms with Gasteiger partial charge in [0.1, 0.15) is 11.2 Å². The summed E-state index contributed by atoms with van der Waals surface area (Å²) >= 11 is 0. The molecule has 0 aliphatic rings. The van der Waals surface area contributed by atoms with Gasteiger partial charge in [-0.05, 0) is 24.1 Å². The Morgan fingerprint density at radius 2 is 1.32 bits per heavy atom. The summed E-state index contributed by atoms with van der Waals surface area (Å²) in [5.41, 5.74) is 4.79. The van der Waals surface area contributed by atoms with E-state index in [1.165, 1.54) is 0 Å². The molecule has 0 N–H and O–H groups in total.